The van der Waals surface area contributed by atoms with E-state index in [4.69, 9.17) is 10.5 Å². The fourth-order valence-electron chi connectivity index (χ4n) is 0.553. The first-order valence-electron chi connectivity index (χ1n) is 3.54. The Morgan fingerprint density at radius 2 is 2.18 bits per heavy atom. The highest BCUT2D eigenvalue weighted by atomic mass is 16.5. The second-order valence-electron chi connectivity index (χ2n) is 2.91. The minimum Gasteiger partial charge on any atom is -0.383 e. The smallest absolute Gasteiger partial charge is 0.237 e. The van der Waals surface area contributed by atoms with E-state index in [1.807, 2.05) is 0 Å². The van der Waals surface area contributed by atoms with Gasteiger partial charge in [-0.3, -0.25) is 4.79 Å². The van der Waals surface area contributed by atoms with Crippen LogP contribution in [0.4, 0.5) is 0 Å². The van der Waals surface area contributed by atoms with Gasteiger partial charge in [0.15, 0.2) is 0 Å². The van der Waals surface area contributed by atoms with Crippen molar-refractivity contribution in [1.29, 1.82) is 0 Å². The molecule has 0 fully saturated rings. The van der Waals surface area contributed by atoms with Crippen molar-refractivity contribution in [1.82, 2.24) is 5.32 Å². The summed E-state index contributed by atoms with van der Waals surface area (Å²) in [5, 5.41) is 2.96. The van der Waals surface area contributed by atoms with Crippen molar-refractivity contribution < 1.29 is 9.53 Å². The summed E-state index contributed by atoms with van der Waals surface area (Å²) >= 11 is 0. The Labute approximate surface area is 67.1 Å². The van der Waals surface area contributed by atoms with Gasteiger partial charge in [-0.2, -0.15) is 0 Å². The van der Waals surface area contributed by atoms with Crippen LogP contribution in [0.25, 0.3) is 0 Å². The molecule has 3 N–H and O–H groups in total. The van der Waals surface area contributed by atoms with Crippen molar-refractivity contribution in [2.45, 2.75) is 19.4 Å². The second-order valence-corrected chi connectivity index (χ2v) is 2.91. The lowest BCUT2D eigenvalue weighted by molar-refractivity contribution is -0.123. The summed E-state index contributed by atoms with van der Waals surface area (Å²) in [6.45, 7) is 4.69. The molecule has 11 heavy (non-hydrogen) atoms. The van der Waals surface area contributed by atoms with Gasteiger partial charge in [-0.05, 0) is 13.8 Å². The number of amides is 1. The number of hydrogen-bond acceptors (Lipinski definition) is 3. The fraction of sp³-hybridized carbons (Fsp3) is 0.857. The minimum atomic E-state index is -0.640. The maximum atomic E-state index is 10.7. The first-order valence-corrected chi connectivity index (χ1v) is 3.54. The van der Waals surface area contributed by atoms with Crippen molar-refractivity contribution in [3.8, 4) is 0 Å². The molecule has 0 rings (SSSR count). The highest BCUT2D eigenvalue weighted by Crippen LogP contribution is 1.98. The number of hydrogen-bond donors (Lipinski definition) is 2. The molecule has 0 radical (unpaired) electrons. The Morgan fingerprint density at radius 3 is 2.55 bits per heavy atom. The van der Waals surface area contributed by atoms with Crippen LogP contribution < -0.4 is 11.1 Å². The van der Waals surface area contributed by atoms with Crippen molar-refractivity contribution in [3.05, 3.63) is 0 Å². The molecule has 0 aromatic carbocycles. The van der Waals surface area contributed by atoms with Gasteiger partial charge in [0.25, 0.3) is 0 Å². The number of carbonyl (C=O) groups is 1. The molecule has 0 bridgehead atoms. The summed E-state index contributed by atoms with van der Waals surface area (Å²) in [7, 11) is 1.61. The van der Waals surface area contributed by atoms with Crippen LogP contribution in [0.5, 0.6) is 0 Å². The van der Waals surface area contributed by atoms with Crippen LogP contribution in [-0.4, -0.2) is 31.7 Å². The number of nitrogens with one attached hydrogen (secondary N) is 1. The predicted molar refractivity (Wildman–Crippen MR) is 43.2 cm³/mol. The highest BCUT2D eigenvalue weighted by Gasteiger charge is 2.22. The normalized spacial score (nSPS) is 11.5. The molecule has 0 aromatic rings. The molecule has 0 atom stereocenters. The van der Waals surface area contributed by atoms with Gasteiger partial charge in [-0.15, -0.1) is 0 Å². The summed E-state index contributed by atoms with van der Waals surface area (Å²) < 4.78 is 4.80. The van der Waals surface area contributed by atoms with Gasteiger partial charge in [-0.1, -0.05) is 0 Å². The number of carbonyl (C=O) groups excluding carboxylic acids is 1. The maximum Gasteiger partial charge on any atom is 0.237 e. The molecular weight excluding hydrogens is 144 g/mol. The van der Waals surface area contributed by atoms with Gasteiger partial charge < -0.3 is 15.8 Å². The molecule has 66 valence electrons. The third-order valence-electron chi connectivity index (χ3n) is 1.49. The average molecular weight is 160 g/mol. The molecule has 0 saturated carbocycles. The van der Waals surface area contributed by atoms with Gasteiger partial charge >= 0.3 is 0 Å². The monoisotopic (exact) mass is 160 g/mol. The number of primary amides is 1. The molecule has 1 amide bonds. The van der Waals surface area contributed by atoms with Gasteiger partial charge in [0.1, 0.15) is 0 Å². The Balaban J connectivity index is 3.64. The van der Waals surface area contributed by atoms with Crippen molar-refractivity contribution in [2.75, 3.05) is 20.3 Å². The molecule has 0 aliphatic heterocycles. The predicted octanol–water partition coefficient (Wildman–Crippen LogP) is -0.514. The zero-order valence-electron chi connectivity index (χ0n) is 7.31. The first kappa shape index (κ1) is 10.4. The van der Waals surface area contributed by atoms with Crippen LogP contribution in [0.3, 0.4) is 0 Å². The summed E-state index contributed by atoms with van der Waals surface area (Å²) in [6.07, 6.45) is 0. The molecule has 0 unspecified atom stereocenters. The Morgan fingerprint density at radius 1 is 1.64 bits per heavy atom. The standard InChI is InChI=1S/C7H16N2O2/c1-7(2,6(8)10)9-4-5-11-3/h9H,4-5H2,1-3H3,(H2,8,10). The van der Waals surface area contributed by atoms with E-state index in [1.54, 1.807) is 21.0 Å². The molecule has 0 aromatic heterocycles. The number of rotatable bonds is 5. The van der Waals surface area contributed by atoms with E-state index in [2.05, 4.69) is 5.32 Å². The van der Waals surface area contributed by atoms with Gasteiger partial charge in [0.2, 0.25) is 5.91 Å². The van der Waals surface area contributed by atoms with E-state index < -0.39 is 5.54 Å². The maximum absolute atomic E-state index is 10.7. The van der Waals surface area contributed by atoms with Gasteiger partial charge in [0, 0.05) is 13.7 Å². The van der Waals surface area contributed by atoms with Crippen LogP contribution in [0.2, 0.25) is 0 Å². The van der Waals surface area contributed by atoms with Crippen LogP contribution in [0, 0.1) is 0 Å². The molecule has 0 saturated heterocycles. The number of ether oxygens (including phenoxy) is 1. The Kier molecular flexibility index (Phi) is 4.07. The van der Waals surface area contributed by atoms with Crippen LogP contribution in [0.1, 0.15) is 13.8 Å². The van der Waals surface area contributed by atoms with Gasteiger partial charge in [-0.25, -0.2) is 0 Å². The van der Waals surface area contributed by atoms with Gasteiger partial charge in [0.05, 0.1) is 12.1 Å². The lowest BCUT2D eigenvalue weighted by Crippen LogP contribution is -2.51. The molecule has 0 aliphatic rings. The number of nitrogens with two attached hydrogens (primary N) is 1. The molecular formula is C7H16N2O2. The third kappa shape index (κ3) is 3.95. The van der Waals surface area contributed by atoms with E-state index >= 15 is 0 Å². The zero-order chi connectivity index (χ0) is 8.91. The fourth-order valence-corrected chi connectivity index (χ4v) is 0.553. The Hall–Kier alpha value is -0.610. The largest absolute Gasteiger partial charge is 0.383 e. The highest BCUT2D eigenvalue weighted by molar-refractivity contribution is 5.83. The lowest BCUT2D eigenvalue weighted by Gasteiger charge is -2.21. The second kappa shape index (κ2) is 4.31. The topological polar surface area (TPSA) is 64.3 Å². The molecule has 0 aliphatic carbocycles. The third-order valence-corrected chi connectivity index (χ3v) is 1.49. The summed E-state index contributed by atoms with van der Waals surface area (Å²) in [5.41, 5.74) is 4.47. The van der Waals surface area contributed by atoms with Crippen LogP contribution in [-0.2, 0) is 9.53 Å². The van der Waals surface area contributed by atoms with Crippen molar-refractivity contribution >= 4 is 5.91 Å². The van der Waals surface area contributed by atoms with E-state index in [-0.39, 0.29) is 5.91 Å². The van der Waals surface area contributed by atoms with E-state index in [0.29, 0.717) is 13.2 Å². The molecule has 4 heteroatoms. The zero-order valence-corrected chi connectivity index (χ0v) is 7.31. The number of methoxy groups -OCH3 is 1. The Bertz CT molecular complexity index is 134. The van der Waals surface area contributed by atoms with E-state index in [0.717, 1.165) is 0 Å². The quantitative estimate of drug-likeness (QED) is 0.532. The lowest BCUT2D eigenvalue weighted by atomic mass is 10.1. The summed E-state index contributed by atoms with van der Waals surface area (Å²) in [5.74, 6) is -0.353. The van der Waals surface area contributed by atoms with Crippen molar-refractivity contribution in [2.24, 2.45) is 5.73 Å². The SMILES string of the molecule is COCCNC(C)(C)C(N)=O. The minimum absolute atomic E-state index is 0.353. The summed E-state index contributed by atoms with van der Waals surface area (Å²) in [4.78, 5) is 10.7. The molecule has 0 heterocycles. The molecule has 0 spiro atoms. The van der Waals surface area contributed by atoms with Crippen molar-refractivity contribution in [3.63, 3.8) is 0 Å². The van der Waals surface area contributed by atoms with E-state index in [9.17, 15) is 4.79 Å². The molecule has 4 nitrogen and oxygen atoms in total. The summed E-state index contributed by atoms with van der Waals surface area (Å²) in [6, 6.07) is 0. The van der Waals surface area contributed by atoms with Crippen LogP contribution in [0.15, 0.2) is 0 Å². The van der Waals surface area contributed by atoms with Crippen LogP contribution >= 0.6 is 0 Å². The first-order chi connectivity index (χ1) is 5.00. The average Bonchev–Trinajstić information content (AvgIpc) is 1.88. The van der Waals surface area contributed by atoms with E-state index in [1.165, 1.54) is 0 Å².